The average Bonchev–Trinajstić information content (AvgIpc) is 2.56. The molecule has 1 heterocycles. The number of aromatic hydroxyl groups is 2. The molecule has 7 nitrogen and oxygen atoms in total. The molecule has 0 radical (unpaired) electrons. The largest absolute Gasteiger partial charge is 0.504 e. The van der Waals surface area contributed by atoms with Gasteiger partial charge in [-0.3, -0.25) is 19.8 Å². The van der Waals surface area contributed by atoms with E-state index in [2.05, 4.69) is 6.07 Å². The Morgan fingerprint density at radius 1 is 1.21 bits per heavy atom. The fourth-order valence-electron chi connectivity index (χ4n) is 2.89. The van der Waals surface area contributed by atoms with Gasteiger partial charge in [-0.15, -0.1) is 0 Å². The molecule has 0 saturated carbocycles. The summed E-state index contributed by atoms with van der Waals surface area (Å²) in [5.41, 5.74) is 1.76. The second-order valence-electron chi connectivity index (χ2n) is 5.77. The number of carbonyl (C=O) groups is 1. The van der Waals surface area contributed by atoms with Crippen LogP contribution in [0, 0.1) is 10.1 Å². The van der Waals surface area contributed by atoms with E-state index in [0.29, 0.717) is 6.54 Å². The summed E-state index contributed by atoms with van der Waals surface area (Å²) in [6.45, 7) is 1.44. The third-order valence-corrected chi connectivity index (χ3v) is 4.17. The SMILES string of the molecule is O=C(CN1CCc2ccccc2C1)c1cc(O)c(O)c([N+](=O)[O-])c1. The van der Waals surface area contributed by atoms with Crippen LogP contribution in [0.25, 0.3) is 0 Å². The van der Waals surface area contributed by atoms with Gasteiger partial charge in [0, 0.05) is 24.7 Å². The number of nitrogens with zero attached hydrogens (tertiary/aromatic N) is 2. The minimum Gasteiger partial charge on any atom is -0.504 e. The highest BCUT2D eigenvalue weighted by atomic mass is 16.6. The molecular weight excluding hydrogens is 312 g/mol. The van der Waals surface area contributed by atoms with Gasteiger partial charge in [-0.25, -0.2) is 0 Å². The predicted molar refractivity (Wildman–Crippen MR) is 86.2 cm³/mol. The number of benzene rings is 2. The zero-order chi connectivity index (χ0) is 17.3. The van der Waals surface area contributed by atoms with E-state index in [4.69, 9.17) is 0 Å². The zero-order valence-corrected chi connectivity index (χ0v) is 12.8. The maximum atomic E-state index is 12.4. The van der Waals surface area contributed by atoms with Gasteiger partial charge < -0.3 is 10.2 Å². The number of Topliss-reactive ketones (excluding diaryl/α,β-unsaturated/α-hetero) is 1. The summed E-state index contributed by atoms with van der Waals surface area (Å²) < 4.78 is 0. The van der Waals surface area contributed by atoms with E-state index in [-0.39, 0.29) is 17.9 Å². The van der Waals surface area contributed by atoms with Crippen molar-refractivity contribution in [3.05, 3.63) is 63.2 Å². The smallest absolute Gasteiger partial charge is 0.315 e. The molecule has 0 atom stereocenters. The first-order valence-corrected chi connectivity index (χ1v) is 7.48. The van der Waals surface area contributed by atoms with Crippen LogP contribution >= 0.6 is 0 Å². The lowest BCUT2D eigenvalue weighted by molar-refractivity contribution is -0.386. The highest BCUT2D eigenvalue weighted by Crippen LogP contribution is 2.36. The van der Waals surface area contributed by atoms with Crippen LogP contribution < -0.4 is 0 Å². The van der Waals surface area contributed by atoms with Gasteiger partial charge in [0.15, 0.2) is 11.5 Å². The van der Waals surface area contributed by atoms with Crippen LogP contribution in [0.5, 0.6) is 11.5 Å². The third-order valence-electron chi connectivity index (χ3n) is 4.17. The number of nitro groups is 1. The maximum absolute atomic E-state index is 12.4. The number of hydrogen-bond acceptors (Lipinski definition) is 6. The van der Waals surface area contributed by atoms with Gasteiger partial charge in [-0.2, -0.15) is 0 Å². The molecule has 0 aliphatic carbocycles. The van der Waals surface area contributed by atoms with E-state index in [1.807, 2.05) is 23.1 Å². The number of carbonyl (C=O) groups excluding carboxylic acids is 1. The second kappa shape index (κ2) is 6.29. The first kappa shape index (κ1) is 15.9. The van der Waals surface area contributed by atoms with E-state index in [9.17, 15) is 25.1 Å². The summed E-state index contributed by atoms with van der Waals surface area (Å²) in [7, 11) is 0. The van der Waals surface area contributed by atoms with Crippen molar-refractivity contribution < 1.29 is 19.9 Å². The van der Waals surface area contributed by atoms with Crippen LogP contribution in [0.1, 0.15) is 21.5 Å². The number of fused-ring (bicyclic) bond motifs is 1. The van der Waals surface area contributed by atoms with E-state index < -0.39 is 22.1 Å². The molecule has 0 fully saturated rings. The zero-order valence-electron chi connectivity index (χ0n) is 12.8. The molecule has 3 rings (SSSR count). The maximum Gasteiger partial charge on any atom is 0.315 e. The number of ketones is 1. The summed E-state index contributed by atoms with van der Waals surface area (Å²) >= 11 is 0. The normalized spacial score (nSPS) is 14.2. The van der Waals surface area contributed by atoms with Crippen molar-refractivity contribution in [1.82, 2.24) is 4.90 Å². The van der Waals surface area contributed by atoms with Crippen molar-refractivity contribution in [2.75, 3.05) is 13.1 Å². The van der Waals surface area contributed by atoms with Crippen molar-refractivity contribution in [3.63, 3.8) is 0 Å². The number of rotatable bonds is 4. The van der Waals surface area contributed by atoms with Crippen LogP contribution in [-0.2, 0) is 13.0 Å². The Balaban J connectivity index is 1.78. The summed E-state index contributed by atoms with van der Waals surface area (Å²) in [5.74, 6) is -1.84. The molecule has 7 heteroatoms. The molecule has 0 bridgehead atoms. The van der Waals surface area contributed by atoms with Gasteiger partial charge in [0.05, 0.1) is 11.5 Å². The summed E-state index contributed by atoms with van der Waals surface area (Å²) in [6.07, 6.45) is 0.838. The van der Waals surface area contributed by atoms with Gasteiger partial charge in [0.25, 0.3) is 0 Å². The van der Waals surface area contributed by atoms with E-state index in [1.165, 1.54) is 5.56 Å². The van der Waals surface area contributed by atoms with Crippen LogP contribution in [0.2, 0.25) is 0 Å². The van der Waals surface area contributed by atoms with Crippen molar-refractivity contribution in [2.45, 2.75) is 13.0 Å². The number of hydrogen-bond donors (Lipinski definition) is 2. The topological polar surface area (TPSA) is 104 Å². The predicted octanol–water partition coefficient (Wildman–Crippen LogP) is 2.25. The van der Waals surface area contributed by atoms with Gasteiger partial charge >= 0.3 is 5.69 Å². The summed E-state index contributed by atoms with van der Waals surface area (Å²) in [4.78, 5) is 24.4. The van der Waals surface area contributed by atoms with Gasteiger partial charge in [-0.05, 0) is 23.6 Å². The Bertz CT molecular complexity index is 819. The molecule has 0 aromatic heterocycles. The summed E-state index contributed by atoms with van der Waals surface area (Å²) in [6, 6.07) is 10.1. The first-order valence-electron chi connectivity index (χ1n) is 7.48. The van der Waals surface area contributed by atoms with Crippen molar-refractivity contribution in [1.29, 1.82) is 0 Å². The molecule has 24 heavy (non-hydrogen) atoms. The lowest BCUT2D eigenvalue weighted by Gasteiger charge is -2.28. The van der Waals surface area contributed by atoms with E-state index in [1.54, 1.807) is 0 Å². The number of phenolic OH excluding ortho intramolecular Hbond substituents is 2. The Labute approximate surface area is 137 Å². The molecule has 1 aliphatic rings. The second-order valence-corrected chi connectivity index (χ2v) is 5.77. The monoisotopic (exact) mass is 328 g/mol. The Morgan fingerprint density at radius 3 is 2.62 bits per heavy atom. The van der Waals surface area contributed by atoms with E-state index >= 15 is 0 Å². The summed E-state index contributed by atoms with van der Waals surface area (Å²) in [5, 5.41) is 30.0. The molecule has 0 amide bonds. The quantitative estimate of drug-likeness (QED) is 0.386. The Kier molecular flexibility index (Phi) is 4.18. The first-order chi connectivity index (χ1) is 11.5. The number of nitro benzene ring substituents is 1. The lowest BCUT2D eigenvalue weighted by Crippen LogP contribution is -2.34. The standard InChI is InChI=1S/C17H16N2O5/c20-15-8-13(7-14(17(15)22)19(23)24)16(21)10-18-6-5-11-3-1-2-4-12(11)9-18/h1-4,7-8,20,22H,5-6,9-10H2. The van der Waals surface area contributed by atoms with Crippen LogP contribution in [0.15, 0.2) is 36.4 Å². The van der Waals surface area contributed by atoms with Crippen molar-refractivity contribution >= 4 is 11.5 Å². The fourth-order valence-corrected chi connectivity index (χ4v) is 2.89. The van der Waals surface area contributed by atoms with Gasteiger partial charge in [0.2, 0.25) is 5.75 Å². The van der Waals surface area contributed by atoms with Crippen LogP contribution in [0.3, 0.4) is 0 Å². The van der Waals surface area contributed by atoms with Gasteiger partial charge in [0.1, 0.15) is 0 Å². The average molecular weight is 328 g/mol. The molecular formula is C17H16N2O5. The Hall–Kier alpha value is -2.93. The third kappa shape index (κ3) is 3.07. The molecule has 2 N–H and O–H groups in total. The molecule has 124 valence electrons. The van der Waals surface area contributed by atoms with Crippen molar-refractivity contribution in [2.24, 2.45) is 0 Å². The fraction of sp³-hybridized carbons (Fsp3) is 0.235. The van der Waals surface area contributed by atoms with Gasteiger partial charge in [-0.1, -0.05) is 24.3 Å². The van der Waals surface area contributed by atoms with Crippen molar-refractivity contribution in [3.8, 4) is 11.5 Å². The Morgan fingerprint density at radius 2 is 1.92 bits per heavy atom. The molecule has 0 spiro atoms. The molecule has 2 aromatic carbocycles. The minimum atomic E-state index is -0.830. The number of phenols is 2. The lowest BCUT2D eigenvalue weighted by atomic mass is 9.99. The highest BCUT2D eigenvalue weighted by Gasteiger charge is 2.24. The minimum absolute atomic E-state index is 0.0101. The van der Waals surface area contributed by atoms with Crippen LogP contribution in [0.4, 0.5) is 5.69 Å². The highest BCUT2D eigenvalue weighted by molar-refractivity contribution is 5.99. The molecule has 0 saturated heterocycles. The molecule has 0 unspecified atom stereocenters. The molecule has 2 aromatic rings. The van der Waals surface area contributed by atoms with E-state index in [0.717, 1.165) is 30.7 Å². The molecule has 1 aliphatic heterocycles. The van der Waals surface area contributed by atoms with Crippen LogP contribution in [-0.4, -0.2) is 38.9 Å².